The van der Waals surface area contributed by atoms with Gasteiger partial charge < -0.3 is 5.73 Å². The van der Waals surface area contributed by atoms with Crippen LogP contribution in [0.4, 0.5) is 8.78 Å². The third kappa shape index (κ3) is 4.05. The Labute approximate surface area is 122 Å². The van der Waals surface area contributed by atoms with Gasteiger partial charge in [-0.15, -0.1) is 11.8 Å². The Kier molecular flexibility index (Phi) is 5.15. The SMILES string of the molecule is Cc1cc(F)ccc1CC(N)CSc1ccccc1F. The van der Waals surface area contributed by atoms with Crippen molar-refractivity contribution in [1.29, 1.82) is 0 Å². The van der Waals surface area contributed by atoms with Crippen LogP contribution >= 0.6 is 11.8 Å². The van der Waals surface area contributed by atoms with Gasteiger partial charge in [0, 0.05) is 16.7 Å². The van der Waals surface area contributed by atoms with Gasteiger partial charge in [-0.05, 0) is 48.7 Å². The second-order valence-electron chi connectivity index (χ2n) is 4.78. The van der Waals surface area contributed by atoms with Crippen molar-refractivity contribution >= 4 is 11.8 Å². The number of rotatable bonds is 5. The summed E-state index contributed by atoms with van der Waals surface area (Å²) in [5.74, 6) is 0.167. The molecule has 0 aromatic heterocycles. The molecule has 0 saturated heterocycles. The van der Waals surface area contributed by atoms with E-state index < -0.39 is 0 Å². The van der Waals surface area contributed by atoms with E-state index in [1.807, 2.05) is 6.92 Å². The van der Waals surface area contributed by atoms with E-state index in [-0.39, 0.29) is 17.7 Å². The quantitative estimate of drug-likeness (QED) is 0.845. The number of aryl methyl sites for hydroxylation is 1. The molecule has 0 aliphatic carbocycles. The first-order chi connectivity index (χ1) is 9.56. The summed E-state index contributed by atoms with van der Waals surface area (Å²) in [6, 6.07) is 11.3. The first-order valence-corrected chi connectivity index (χ1v) is 7.43. The third-order valence-corrected chi connectivity index (χ3v) is 4.31. The largest absolute Gasteiger partial charge is 0.327 e. The van der Waals surface area contributed by atoms with Crippen LogP contribution in [-0.2, 0) is 6.42 Å². The minimum absolute atomic E-state index is 0.0937. The zero-order chi connectivity index (χ0) is 14.5. The van der Waals surface area contributed by atoms with E-state index in [0.717, 1.165) is 11.1 Å². The smallest absolute Gasteiger partial charge is 0.136 e. The van der Waals surface area contributed by atoms with Gasteiger partial charge in [0.1, 0.15) is 11.6 Å². The van der Waals surface area contributed by atoms with Crippen LogP contribution in [0.15, 0.2) is 47.4 Å². The van der Waals surface area contributed by atoms with Crippen molar-refractivity contribution < 1.29 is 8.78 Å². The Bertz CT molecular complexity index is 586. The second kappa shape index (κ2) is 6.86. The highest BCUT2D eigenvalue weighted by molar-refractivity contribution is 7.99. The van der Waals surface area contributed by atoms with Crippen LogP contribution in [0.25, 0.3) is 0 Å². The maximum atomic E-state index is 13.5. The molecule has 20 heavy (non-hydrogen) atoms. The molecule has 0 aliphatic rings. The van der Waals surface area contributed by atoms with Crippen molar-refractivity contribution in [2.24, 2.45) is 5.73 Å². The molecule has 0 amide bonds. The van der Waals surface area contributed by atoms with Gasteiger partial charge in [-0.3, -0.25) is 0 Å². The molecule has 1 atom stereocenters. The highest BCUT2D eigenvalue weighted by Gasteiger charge is 2.09. The lowest BCUT2D eigenvalue weighted by Crippen LogP contribution is -2.26. The average Bonchev–Trinajstić information content (AvgIpc) is 2.41. The van der Waals surface area contributed by atoms with Crippen LogP contribution in [0.2, 0.25) is 0 Å². The first-order valence-electron chi connectivity index (χ1n) is 6.44. The molecule has 2 aromatic rings. The molecule has 2 aromatic carbocycles. The van der Waals surface area contributed by atoms with E-state index in [0.29, 0.717) is 17.1 Å². The van der Waals surface area contributed by atoms with Crippen LogP contribution in [0, 0.1) is 18.6 Å². The van der Waals surface area contributed by atoms with E-state index in [1.165, 1.54) is 30.0 Å². The Hall–Kier alpha value is -1.39. The minimum Gasteiger partial charge on any atom is -0.327 e. The second-order valence-corrected chi connectivity index (χ2v) is 5.84. The fraction of sp³-hybridized carbons (Fsp3) is 0.250. The van der Waals surface area contributed by atoms with Gasteiger partial charge in [-0.1, -0.05) is 18.2 Å². The van der Waals surface area contributed by atoms with Crippen LogP contribution in [0.3, 0.4) is 0 Å². The molecule has 1 unspecified atom stereocenters. The van der Waals surface area contributed by atoms with E-state index in [2.05, 4.69) is 0 Å². The van der Waals surface area contributed by atoms with Gasteiger partial charge in [-0.25, -0.2) is 8.78 Å². The number of nitrogens with two attached hydrogens (primary N) is 1. The molecule has 0 saturated carbocycles. The summed E-state index contributed by atoms with van der Waals surface area (Å²) in [6.07, 6.45) is 0.660. The zero-order valence-corrected chi connectivity index (χ0v) is 12.1. The molecule has 0 radical (unpaired) electrons. The van der Waals surface area contributed by atoms with Crippen LogP contribution in [-0.4, -0.2) is 11.8 Å². The van der Waals surface area contributed by atoms with Gasteiger partial charge >= 0.3 is 0 Å². The number of benzene rings is 2. The normalized spacial score (nSPS) is 12.4. The number of halogens is 2. The molecule has 4 heteroatoms. The molecular formula is C16H17F2NS. The van der Waals surface area contributed by atoms with Crippen LogP contribution in [0.1, 0.15) is 11.1 Å². The molecule has 0 aliphatic heterocycles. The van der Waals surface area contributed by atoms with Crippen LogP contribution in [0.5, 0.6) is 0 Å². The van der Waals surface area contributed by atoms with Gasteiger partial charge in [-0.2, -0.15) is 0 Å². The van der Waals surface area contributed by atoms with Gasteiger partial charge in [0.05, 0.1) is 0 Å². The summed E-state index contributed by atoms with van der Waals surface area (Å²) in [5.41, 5.74) is 8.01. The Morgan fingerprint density at radius 2 is 1.90 bits per heavy atom. The molecule has 0 bridgehead atoms. The lowest BCUT2D eigenvalue weighted by Gasteiger charge is -2.13. The summed E-state index contributed by atoms with van der Waals surface area (Å²) in [4.78, 5) is 0.610. The monoisotopic (exact) mass is 293 g/mol. The fourth-order valence-corrected chi connectivity index (χ4v) is 2.88. The first kappa shape index (κ1) is 15.0. The predicted molar refractivity (Wildman–Crippen MR) is 79.9 cm³/mol. The van der Waals surface area contributed by atoms with Crippen molar-refractivity contribution in [2.75, 3.05) is 5.75 Å². The number of thioether (sulfide) groups is 1. The standard InChI is InChI=1S/C16H17F2NS/c1-11-8-13(17)7-6-12(11)9-14(19)10-20-16-5-3-2-4-15(16)18/h2-8,14H,9-10,19H2,1H3. The fourth-order valence-electron chi connectivity index (χ4n) is 1.99. The topological polar surface area (TPSA) is 26.0 Å². The molecule has 0 spiro atoms. The summed E-state index contributed by atoms with van der Waals surface area (Å²) in [6.45, 7) is 1.87. The van der Waals surface area contributed by atoms with Crippen molar-refractivity contribution in [2.45, 2.75) is 24.3 Å². The van der Waals surface area contributed by atoms with Gasteiger partial charge in [0.2, 0.25) is 0 Å². The minimum atomic E-state index is -0.236. The van der Waals surface area contributed by atoms with Crippen molar-refractivity contribution in [3.8, 4) is 0 Å². The maximum Gasteiger partial charge on any atom is 0.136 e. The Morgan fingerprint density at radius 1 is 1.15 bits per heavy atom. The number of hydrogen-bond acceptors (Lipinski definition) is 2. The molecule has 2 N–H and O–H groups in total. The van der Waals surface area contributed by atoms with E-state index in [4.69, 9.17) is 5.73 Å². The van der Waals surface area contributed by atoms with Crippen molar-refractivity contribution in [1.82, 2.24) is 0 Å². The lowest BCUT2D eigenvalue weighted by atomic mass is 10.0. The third-order valence-electron chi connectivity index (χ3n) is 3.08. The zero-order valence-electron chi connectivity index (χ0n) is 11.3. The highest BCUT2D eigenvalue weighted by Crippen LogP contribution is 2.22. The van der Waals surface area contributed by atoms with E-state index >= 15 is 0 Å². The summed E-state index contributed by atoms with van der Waals surface area (Å²) >= 11 is 1.41. The lowest BCUT2D eigenvalue weighted by molar-refractivity contribution is 0.601. The predicted octanol–water partition coefficient (Wildman–Crippen LogP) is 3.94. The highest BCUT2D eigenvalue weighted by atomic mass is 32.2. The molecule has 106 valence electrons. The Morgan fingerprint density at radius 3 is 2.60 bits per heavy atom. The maximum absolute atomic E-state index is 13.5. The summed E-state index contributed by atoms with van der Waals surface area (Å²) in [5, 5.41) is 0. The van der Waals surface area contributed by atoms with E-state index in [1.54, 1.807) is 24.3 Å². The molecule has 1 nitrogen and oxygen atoms in total. The van der Waals surface area contributed by atoms with E-state index in [9.17, 15) is 8.78 Å². The summed E-state index contributed by atoms with van der Waals surface area (Å²) in [7, 11) is 0. The van der Waals surface area contributed by atoms with Gasteiger partial charge in [0.15, 0.2) is 0 Å². The van der Waals surface area contributed by atoms with Gasteiger partial charge in [0.25, 0.3) is 0 Å². The van der Waals surface area contributed by atoms with Crippen molar-refractivity contribution in [3.05, 3.63) is 65.2 Å². The molecule has 2 rings (SSSR count). The molecule has 0 fully saturated rings. The average molecular weight is 293 g/mol. The molecule has 0 heterocycles. The van der Waals surface area contributed by atoms with Crippen LogP contribution < -0.4 is 5.73 Å². The summed E-state index contributed by atoms with van der Waals surface area (Å²) < 4.78 is 26.5. The van der Waals surface area contributed by atoms with Crippen molar-refractivity contribution in [3.63, 3.8) is 0 Å². The molecular weight excluding hydrogens is 276 g/mol. The Balaban J connectivity index is 1.92. The number of hydrogen-bond donors (Lipinski definition) is 1.